The minimum Gasteiger partial charge on any atom is -0.396 e. The average molecular weight is 133 g/mol. The number of rotatable bonds is 3. The van der Waals surface area contributed by atoms with E-state index in [9.17, 15) is 0 Å². The molecule has 0 aliphatic rings. The van der Waals surface area contributed by atoms with E-state index < -0.39 is 0 Å². The lowest BCUT2D eigenvalue weighted by Gasteiger charge is -2.19. The van der Waals surface area contributed by atoms with Crippen LogP contribution in [0.4, 0.5) is 0 Å². The van der Waals surface area contributed by atoms with Crippen molar-refractivity contribution in [2.24, 2.45) is 0 Å². The lowest BCUT2D eigenvalue weighted by Crippen LogP contribution is -2.15. The Bertz CT molecular complexity index is 61.5. The van der Waals surface area contributed by atoms with Crippen molar-refractivity contribution < 1.29 is 5.11 Å². The monoisotopic (exact) mass is 133 g/mol. The van der Waals surface area contributed by atoms with Crippen LogP contribution in [0.2, 0.25) is 0 Å². The zero-order valence-corrected chi connectivity index (χ0v) is 6.51. The van der Waals surface area contributed by atoms with Gasteiger partial charge in [0.2, 0.25) is 0 Å². The maximum Gasteiger partial charge on any atom is 0.0439 e. The molecule has 0 aromatic carbocycles. The van der Waals surface area contributed by atoms with Gasteiger partial charge in [-0.05, 0) is 18.0 Å². The molecule has 8 heavy (non-hydrogen) atoms. The van der Waals surface area contributed by atoms with E-state index in [1.807, 2.05) is 0 Å². The fraction of sp³-hybridized carbons (Fsp3) is 0.833. The molecule has 1 nitrogen and oxygen atoms in total. The molecule has 0 bridgehead atoms. The summed E-state index contributed by atoms with van der Waals surface area (Å²) in [7, 11) is 2.69. The first-order valence-corrected chi connectivity index (χ1v) is 3.39. The highest BCUT2D eigenvalue weighted by Crippen LogP contribution is 2.24. The van der Waals surface area contributed by atoms with Crippen LogP contribution >= 0.6 is 9.24 Å². The van der Waals surface area contributed by atoms with Crippen molar-refractivity contribution >= 4 is 9.24 Å². The Morgan fingerprint density at radius 3 is 2.38 bits per heavy atom. The number of hydrogen-bond acceptors (Lipinski definition) is 1. The van der Waals surface area contributed by atoms with Gasteiger partial charge in [-0.3, -0.25) is 0 Å². The molecule has 49 valence electrons. The average Bonchev–Trinajstić information content (AvgIpc) is 1.67. The number of aliphatic hydroxyl groups excluding tert-OH is 1. The first kappa shape index (κ1) is 8.39. The molecule has 0 aromatic rings. The molecule has 0 amide bonds. The van der Waals surface area contributed by atoms with Crippen LogP contribution in [0.3, 0.4) is 0 Å². The van der Waals surface area contributed by atoms with E-state index in [0.29, 0.717) is 0 Å². The Morgan fingerprint density at radius 1 is 1.75 bits per heavy atom. The third-order valence-corrected chi connectivity index (χ3v) is 1.83. The predicted octanol–water partition coefficient (Wildman–Crippen LogP) is 1.23. The van der Waals surface area contributed by atoms with E-state index in [4.69, 9.17) is 5.11 Å². The lowest BCUT2D eigenvalue weighted by molar-refractivity contribution is 0.271. The van der Waals surface area contributed by atoms with Gasteiger partial charge in [0.05, 0.1) is 0 Å². The maximum absolute atomic E-state index is 8.49. The van der Waals surface area contributed by atoms with Crippen molar-refractivity contribution in [1.82, 2.24) is 0 Å². The predicted molar refractivity (Wildman–Crippen MR) is 39.8 cm³/mol. The molecule has 0 aliphatic carbocycles. The molecule has 2 heteroatoms. The highest BCUT2D eigenvalue weighted by Gasteiger charge is 2.12. The second kappa shape index (κ2) is 3.42. The molecule has 0 heterocycles. The molecule has 0 aliphatic heterocycles. The first-order valence-electron chi connectivity index (χ1n) is 2.81. The molecular weight excluding hydrogens is 119 g/mol. The summed E-state index contributed by atoms with van der Waals surface area (Å²) in [6.07, 6.45) is 1.68. The fourth-order valence-corrected chi connectivity index (χ4v) is 0.510. The minimum atomic E-state index is 0.148. The highest BCUT2D eigenvalue weighted by atomic mass is 31.0. The standard InChI is InChI=1S/C6H14OP/c1-3-6(2,8)4-5-7/h7H,1,3-5,8H2,2H3. The van der Waals surface area contributed by atoms with E-state index in [2.05, 4.69) is 23.1 Å². The Hall–Kier alpha value is 0.390. The molecule has 0 spiro atoms. The fourth-order valence-electron chi connectivity index (χ4n) is 0.380. The summed E-state index contributed by atoms with van der Waals surface area (Å²) in [5, 5.41) is 8.64. The van der Waals surface area contributed by atoms with Gasteiger partial charge in [-0.15, -0.1) is 9.24 Å². The van der Waals surface area contributed by atoms with Crippen LogP contribution in [0.15, 0.2) is 0 Å². The van der Waals surface area contributed by atoms with E-state index >= 15 is 0 Å². The molecule has 0 fully saturated rings. The van der Waals surface area contributed by atoms with E-state index in [-0.39, 0.29) is 11.8 Å². The van der Waals surface area contributed by atoms with Gasteiger partial charge in [0.15, 0.2) is 0 Å². The van der Waals surface area contributed by atoms with Gasteiger partial charge in [-0.1, -0.05) is 13.8 Å². The van der Waals surface area contributed by atoms with Crippen LogP contribution in [0, 0.1) is 6.92 Å². The summed E-state index contributed by atoms with van der Waals surface area (Å²) in [6, 6.07) is 0. The van der Waals surface area contributed by atoms with Crippen LogP contribution < -0.4 is 0 Å². The third kappa shape index (κ3) is 3.40. The molecule has 0 rings (SSSR count). The molecule has 1 N–H and O–H groups in total. The summed E-state index contributed by atoms with van der Waals surface area (Å²) < 4.78 is 0. The number of aliphatic hydroxyl groups is 1. The summed E-state index contributed by atoms with van der Waals surface area (Å²) in [4.78, 5) is 0. The smallest absolute Gasteiger partial charge is 0.0439 e. The van der Waals surface area contributed by atoms with Gasteiger partial charge >= 0.3 is 0 Å². The highest BCUT2D eigenvalue weighted by molar-refractivity contribution is 7.18. The third-order valence-electron chi connectivity index (χ3n) is 1.25. The maximum atomic E-state index is 8.49. The van der Waals surface area contributed by atoms with Crippen molar-refractivity contribution in [3.63, 3.8) is 0 Å². The van der Waals surface area contributed by atoms with Crippen molar-refractivity contribution in [2.45, 2.75) is 24.9 Å². The summed E-state index contributed by atoms with van der Waals surface area (Å²) in [6.45, 7) is 6.07. The Balaban J connectivity index is 3.37. The van der Waals surface area contributed by atoms with Crippen LogP contribution in [0.1, 0.15) is 19.8 Å². The molecule has 2 atom stereocenters. The van der Waals surface area contributed by atoms with Gasteiger partial charge < -0.3 is 5.11 Å². The zero-order chi connectivity index (χ0) is 6.62. The van der Waals surface area contributed by atoms with Crippen LogP contribution in [-0.4, -0.2) is 16.9 Å². The Labute approximate surface area is 53.7 Å². The molecule has 0 saturated heterocycles. The normalized spacial score (nSPS) is 18.0. The summed E-state index contributed by atoms with van der Waals surface area (Å²) in [5.74, 6) is 0. The minimum absolute atomic E-state index is 0.148. The van der Waals surface area contributed by atoms with Gasteiger partial charge in [0.25, 0.3) is 0 Å². The molecule has 1 radical (unpaired) electrons. The second-order valence-corrected chi connectivity index (χ2v) is 3.77. The van der Waals surface area contributed by atoms with Gasteiger partial charge in [-0.25, -0.2) is 0 Å². The zero-order valence-electron chi connectivity index (χ0n) is 5.35. The summed E-state index contributed by atoms with van der Waals surface area (Å²) >= 11 is 0. The van der Waals surface area contributed by atoms with Gasteiger partial charge in [-0.2, -0.15) is 0 Å². The largest absolute Gasteiger partial charge is 0.396 e. The topological polar surface area (TPSA) is 20.2 Å². The quantitative estimate of drug-likeness (QED) is 0.574. The van der Waals surface area contributed by atoms with E-state index in [1.165, 1.54) is 0 Å². The van der Waals surface area contributed by atoms with Crippen molar-refractivity contribution in [3.05, 3.63) is 6.92 Å². The van der Waals surface area contributed by atoms with E-state index in [0.717, 1.165) is 12.8 Å². The van der Waals surface area contributed by atoms with E-state index in [1.54, 1.807) is 0 Å². The Kier molecular flexibility index (Phi) is 3.59. The van der Waals surface area contributed by atoms with Crippen LogP contribution in [-0.2, 0) is 0 Å². The first-order chi connectivity index (χ1) is 3.62. The second-order valence-electron chi connectivity index (χ2n) is 2.38. The molecule has 2 unspecified atom stereocenters. The molecular formula is C6H14OP. The van der Waals surface area contributed by atoms with Crippen LogP contribution in [0.25, 0.3) is 0 Å². The number of hydrogen-bond donors (Lipinski definition) is 1. The van der Waals surface area contributed by atoms with Crippen LogP contribution in [0.5, 0.6) is 0 Å². The van der Waals surface area contributed by atoms with Crippen molar-refractivity contribution in [1.29, 1.82) is 0 Å². The lowest BCUT2D eigenvalue weighted by atomic mass is 10.1. The van der Waals surface area contributed by atoms with Crippen molar-refractivity contribution in [3.8, 4) is 0 Å². The van der Waals surface area contributed by atoms with Crippen molar-refractivity contribution in [2.75, 3.05) is 6.61 Å². The Morgan fingerprint density at radius 2 is 2.25 bits per heavy atom. The van der Waals surface area contributed by atoms with Gasteiger partial charge in [0, 0.05) is 6.61 Å². The van der Waals surface area contributed by atoms with Gasteiger partial charge in [0.1, 0.15) is 0 Å². The molecule has 0 aromatic heterocycles. The molecule has 0 saturated carbocycles. The summed E-state index contributed by atoms with van der Waals surface area (Å²) in [5.41, 5.74) is 0. The SMILES string of the molecule is [CH2]CC(C)(P)CCO.